The van der Waals surface area contributed by atoms with Gasteiger partial charge >= 0.3 is 6.18 Å². The molecule has 0 amide bonds. The third-order valence-corrected chi connectivity index (χ3v) is 1.49. The number of azide groups is 1. The van der Waals surface area contributed by atoms with E-state index in [9.17, 15) is 13.2 Å². The lowest BCUT2D eigenvalue weighted by atomic mass is 10.5. The van der Waals surface area contributed by atoms with Crippen molar-refractivity contribution in [2.45, 2.75) is 12.7 Å². The molecule has 0 fully saturated rings. The molecule has 0 atom stereocenters. The molecule has 6 nitrogen and oxygen atoms in total. The van der Waals surface area contributed by atoms with Crippen molar-refractivity contribution in [3.63, 3.8) is 0 Å². The summed E-state index contributed by atoms with van der Waals surface area (Å²) in [6.45, 7) is -0.254. The standard InChI is InChI=1S/C5H5F3N6/c1-14-3(2-10-13-9)11-12-4(14)5(6,7)8/h2H2,1H3. The summed E-state index contributed by atoms with van der Waals surface area (Å²) in [6.07, 6.45) is -4.55. The van der Waals surface area contributed by atoms with Crippen LogP contribution in [0.15, 0.2) is 5.11 Å². The number of alkyl halides is 3. The van der Waals surface area contributed by atoms with E-state index in [1.54, 1.807) is 0 Å². The lowest BCUT2D eigenvalue weighted by Gasteiger charge is -2.04. The van der Waals surface area contributed by atoms with Crippen LogP contribution in [0.25, 0.3) is 10.4 Å². The molecule has 0 saturated carbocycles. The van der Waals surface area contributed by atoms with Crippen molar-refractivity contribution in [3.8, 4) is 0 Å². The average molecular weight is 206 g/mol. The highest BCUT2D eigenvalue weighted by atomic mass is 19.4. The molecule has 0 bridgehead atoms. The van der Waals surface area contributed by atoms with Crippen LogP contribution >= 0.6 is 0 Å². The third-order valence-electron chi connectivity index (χ3n) is 1.49. The molecule has 14 heavy (non-hydrogen) atoms. The van der Waals surface area contributed by atoms with Crippen molar-refractivity contribution in [3.05, 3.63) is 22.1 Å². The Morgan fingerprint density at radius 2 is 2.14 bits per heavy atom. The Bertz CT molecular complexity index is 373. The van der Waals surface area contributed by atoms with Crippen molar-refractivity contribution >= 4 is 0 Å². The molecule has 0 aliphatic carbocycles. The minimum absolute atomic E-state index is 0.0323. The van der Waals surface area contributed by atoms with Gasteiger partial charge in [0.25, 0.3) is 0 Å². The van der Waals surface area contributed by atoms with E-state index in [0.29, 0.717) is 0 Å². The molecule has 0 aliphatic rings. The minimum Gasteiger partial charge on any atom is -0.310 e. The van der Waals surface area contributed by atoms with E-state index in [2.05, 4.69) is 20.2 Å². The molecule has 1 aromatic rings. The molecule has 0 spiro atoms. The van der Waals surface area contributed by atoms with Gasteiger partial charge < -0.3 is 4.57 Å². The first-order valence-corrected chi connectivity index (χ1v) is 3.43. The molecule has 0 saturated heterocycles. The molecule has 1 heterocycles. The maximum atomic E-state index is 12.2. The summed E-state index contributed by atoms with van der Waals surface area (Å²) < 4.78 is 37.2. The molecule has 1 aromatic heterocycles. The van der Waals surface area contributed by atoms with Crippen LogP contribution in [0.1, 0.15) is 11.6 Å². The zero-order valence-electron chi connectivity index (χ0n) is 7.02. The summed E-state index contributed by atoms with van der Waals surface area (Å²) >= 11 is 0. The summed E-state index contributed by atoms with van der Waals surface area (Å²) in [4.78, 5) is 2.41. The fourth-order valence-corrected chi connectivity index (χ4v) is 0.841. The minimum atomic E-state index is -4.55. The molecule has 0 unspecified atom stereocenters. The van der Waals surface area contributed by atoms with Gasteiger partial charge in [-0.1, -0.05) is 5.11 Å². The van der Waals surface area contributed by atoms with Gasteiger partial charge in [-0.2, -0.15) is 13.2 Å². The first-order chi connectivity index (χ1) is 6.46. The van der Waals surface area contributed by atoms with Gasteiger partial charge in [0.1, 0.15) is 5.82 Å². The van der Waals surface area contributed by atoms with Gasteiger partial charge in [0.2, 0.25) is 5.82 Å². The molecule has 1 rings (SSSR count). The molecular weight excluding hydrogens is 201 g/mol. The van der Waals surface area contributed by atoms with Gasteiger partial charge in [0.05, 0.1) is 6.54 Å². The first-order valence-electron chi connectivity index (χ1n) is 3.43. The van der Waals surface area contributed by atoms with Gasteiger partial charge in [0.15, 0.2) is 0 Å². The fraction of sp³-hybridized carbons (Fsp3) is 0.600. The Morgan fingerprint density at radius 3 is 2.57 bits per heavy atom. The summed E-state index contributed by atoms with van der Waals surface area (Å²) in [6, 6.07) is 0. The van der Waals surface area contributed by atoms with Gasteiger partial charge in [0, 0.05) is 12.0 Å². The monoisotopic (exact) mass is 206 g/mol. The van der Waals surface area contributed by atoms with E-state index in [4.69, 9.17) is 5.53 Å². The smallest absolute Gasteiger partial charge is 0.310 e. The fourth-order valence-electron chi connectivity index (χ4n) is 0.841. The molecular formula is C5H5F3N6. The van der Waals surface area contributed by atoms with E-state index in [-0.39, 0.29) is 12.4 Å². The number of hydrogen-bond donors (Lipinski definition) is 0. The highest BCUT2D eigenvalue weighted by molar-refractivity contribution is 4.98. The Balaban J connectivity index is 3.02. The van der Waals surface area contributed by atoms with Crippen LogP contribution in [-0.4, -0.2) is 14.8 Å². The van der Waals surface area contributed by atoms with Crippen molar-refractivity contribution in [2.75, 3.05) is 0 Å². The number of hydrogen-bond acceptors (Lipinski definition) is 3. The molecule has 0 N–H and O–H groups in total. The van der Waals surface area contributed by atoms with E-state index in [1.807, 2.05) is 0 Å². The molecule has 0 radical (unpaired) electrons. The van der Waals surface area contributed by atoms with Crippen molar-refractivity contribution < 1.29 is 13.2 Å². The van der Waals surface area contributed by atoms with Gasteiger partial charge in [-0.05, 0) is 5.53 Å². The molecule has 0 aliphatic heterocycles. The molecule has 0 aromatic carbocycles. The van der Waals surface area contributed by atoms with Crippen LogP contribution in [-0.2, 0) is 19.8 Å². The van der Waals surface area contributed by atoms with Crippen molar-refractivity contribution in [1.82, 2.24) is 14.8 Å². The van der Waals surface area contributed by atoms with E-state index < -0.39 is 12.0 Å². The highest BCUT2D eigenvalue weighted by Gasteiger charge is 2.37. The first kappa shape index (κ1) is 10.3. The Labute approximate surface area is 76.0 Å². The highest BCUT2D eigenvalue weighted by Crippen LogP contribution is 2.27. The van der Waals surface area contributed by atoms with E-state index >= 15 is 0 Å². The number of aromatic nitrogens is 3. The van der Waals surface area contributed by atoms with Crippen molar-refractivity contribution in [1.29, 1.82) is 0 Å². The largest absolute Gasteiger partial charge is 0.451 e. The summed E-state index contributed by atoms with van der Waals surface area (Å²) in [5.41, 5.74) is 7.96. The van der Waals surface area contributed by atoms with E-state index in [1.165, 1.54) is 0 Å². The topological polar surface area (TPSA) is 79.5 Å². The van der Waals surface area contributed by atoms with Gasteiger partial charge in [-0.15, -0.1) is 10.2 Å². The van der Waals surface area contributed by atoms with Crippen LogP contribution in [0.4, 0.5) is 13.2 Å². The predicted molar refractivity (Wildman–Crippen MR) is 38.9 cm³/mol. The second-order valence-electron chi connectivity index (χ2n) is 2.39. The lowest BCUT2D eigenvalue weighted by molar-refractivity contribution is -0.147. The number of rotatable bonds is 2. The summed E-state index contributed by atoms with van der Waals surface area (Å²) in [5.74, 6) is -1.14. The number of halogens is 3. The summed E-state index contributed by atoms with van der Waals surface area (Å²) in [5, 5.41) is 9.28. The molecule has 76 valence electrons. The Hall–Kier alpha value is -1.76. The van der Waals surface area contributed by atoms with Crippen molar-refractivity contribution in [2.24, 2.45) is 12.2 Å². The zero-order valence-corrected chi connectivity index (χ0v) is 7.02. The Kier molecular flexibility index (Phi) is 2.61. The average Bonchev–Trinajstić information content (AvgIpc) is 2.42. The lowest BCUT2D eigenvalue weighted by Crippen LogP contribution is -2.13. The van der Waals surface area contributed by atoms with Gasteiger partial charge in [-0.25, -0.2) is 0 Å². The Morgan fingerprint density at radius 1 is 1.50 bits per heavy atom. The quantitative estimate of drug-likeness (QED) is 0.418. The third kappa shape index (κ3) is 1.94. The van der Waals surface area contributed by atoms with Crippen LogP contribution in [0, 0.1) is 0 Å². The van der Waals surface area contributed by atoms with Crippen LogP contribution < -0.4 is 0 Å². The number of nitrogens with zero attached hydrogens (tertiary/aromatic N) is 6. The summed E-state index contributed by atoms with van der Waals surface area (Å²) in [7, 11) is 1.16. The molecule has 9 heteroatoms. The maximum absolute atomic E-state index is 12.2. The van der Waals surface area contributed by atoms with Crippen LogP contribution in [0.3, 0.4) is 0 Å². The van der Waals surface area contributed by atoms with Crippen LogP contribution in [0.2, 0.25) is 0 Å². The van der Waals surface area contributed by atoms with Crippen LogP contribution in [0.5, 0.6) is 0 Å². The van der Waals surface area contributed by atoms with E-state index in [0.717, 1.165) is 11.6 Å². The second kappa shape index (κ2) is 3.54. The second-order valence-corrected chi connectivity index (χ2v) is 2.39. The van der Waals surface area contributed by atoms with Gasteiger partial charge in [-0.3, -0.25) is 0 Å². The zero-order chi connectivity index (χ0) is 10.8. The SMILES string of the molecule is Cn1c(CN=[N+]=[N-])nnc1C(F)(F)F. The normalized spacial score (nSPS) is 11.1. The predicted octanol–water partition coefficient (Wildman–Crippen LogP) is 1.64. The maximum Gasteiger partial charge on any atom is 0.451 e.